The zero-order valence-corrected chi connectivity index (χ0v) is 25.9. The molecule has 0 bridgehead atoms. The minimum atomic E-state index is -0.139. The van der Waals surface area contributed by atoms with Crippen molar-refractivity contribution in [2.45, 2.75) is 19.3 Å². The molecule has 0 atom stereocenters. The van der Waals surface area contributed by atoms with Crippen molar-refractivity contribution >= 4 is 43.7 Å². The fraction of sp³-hybridized carbons (Fsp3) is 0.0714. The van der Waals surface area contributed by atoms with E-state index in [2.05, 4.69) is 122 Å². The van der Waals surface area contributed by atoms with Gasteiger partial charge >= 0.3 is 0 Å². The largest absolute Gasteiger partial charge is 0.454 e. The lowest BCUT2D eigenvalue weighted by Crippen LogP contribution is -2.14. The van der Waals surface area contributed by atoms with E-state index in [1.165, 1.54) is 22.3 Å². The summed E-state index contributed by atoms with van der Waals surface area (Å²) < 4.78 is 8.78. The highest BCUT2D eigenvalue weighted by Gasteiger charge is 2.37. The number of furan rings is 1. The number of rotatable bonds is 3. The van der Waals surface area contributed by atoms with Crippen LogP contribution in [0.3, 0.4) is 0 Å². The third-order valence-corrected chi connectivity index (χ3v) is 9.88. The monoisotopic (exact) mass is 604 g/mol. The molecule has 0 aliphatic heterocycles. The van der Waals surface area contributed by atoms with Crippen LogP contribution in [0, 0.1) is 0 Å². The molecule has 0 amide bonds. The Kier molecular flexibility index (Phi) is 5.28. The van der Waals surface area contributed by atoms with Gasteiger partial charge in [0, 0.05) is 38.1 Å². The van der Waals surface area contributed by atoms with Gasteiger partial charge in [-0.15, -0.1) is 0 Å². The van der Waals surface area contributed by atoms with Crippen LogP contribution < -0.4 is 0 Å². The summed E-state index contributed by atoms with van der Waals surface area (Å²) >= 11 is 0. The van der Waals surface area contributed by atoms with Gasteiger partial charge in [-0.1, -0.05) is 129 Å². The van der Waals surface area contributed by atoms with Crippen molar-refractivity contribution in [3.8, 4) is 39.9 Å². The minimum Gasteiger partial charge on any atom is -0.454 e. The molecule has 6 aromatic carbocycles. The summed E-state index contributed by atoms with van der Waals surface area (Å²) in [4.78, 5) is 15.7. The van der Waals surface area contributed by atoms with Gasteiger partial charge in [-0.3, -0.25) is 4.57 Å². The van der Waals surface area contributed by atoms with Gasteiger partial charge < -0.3 is 4.42 Å². The molecule has 0 unspecified atom stereocenters. The highest BCUT2D eigenvalue weighted by atomic mass is 16.3. The summed E-state index contributed by atoms with van der Waals surface area (Å²) in [5, 5.41) is 4.36. The standard InChI is InChI=1S/C42H28N4O/c1-42(2)32-19-9-6-17-30(32)36-31(18-12-20-33(36)42)40-43-39(25-13-4-3-5-14-25)44-41(45-40)46-34-21-10-7-15-26(34)28-23-24-29-27-16-8-11-22-35(27)47-38(29)37(28)46/h3-24H,1-2H3. The van der Waals surface area contributed by atoms with E-state index in [4.69, 9.17) is 19.4 Å². The second-order valence-corrected chi connectivity index (χ2v) is 12.8. The Bertz CT molecular complexity index is 2720. The Balaban J connectivity index is 1.33. The lowest BCUT2D eigenvalue weighted by molar-refractivity contribution is 0.660. The number of para-hydroxylation sites is 2. The Morgan fingerprint density at radius 3 is 2.11 bits per heavy atom. The van der Waals surface area contributed by atoms with Crippen molar-refractivity contribution in [2.24, 2.45) is 0 Å². The highest BCUT2D eigenvalue weighted by molar-refractivity contribution is 6.21. The van der Waals surface area contributed by atoms with E-state index in [-0.39, 0.29) is 5.41 Å². The average molecular weight is 605 g/mol. The molecule has 0 radical (unpaired) electrons. The second-order valence-electron chi connectivity index (χ2n) is 12.8. The van der Waals surface area contributed by atoms with Crippen molar-refractivity contribution in [1.82, 2.24) is 19.5 Å². The van der Waals surface area contributed by atoms with E-state index in [0.717, 1.165) is 54.9 Å². The van der Waals surface area contributed by atoms with Gasteiger partial charge in [-0.25, -0.2) is 4.98 Å². The number of benzene rings is 6. The summed E-state index contributed by atoms with van der Waals surface area (Å²) in [5.41, 5.74) is 10.4. The molecule has 0 spiro atoms. The van der Waals surface area contributed by atoms with Crippen LogP contribution in [0.1, 0.15) is 25.0 Å². The Morgan fingerprint density at radius 2 is 1.21 bits per heavy atom. The van der Waals surface area contributed by atoms with Crippen molar-refractivity contribution in [3.63, 3.8) is 0 Å². The van der Waals surface area contributed by atoms with Crippen molar-refractivity contribution < 1.29 is 4.42 Å². The van der Waals surface area contributed by atoms with E-state index in [1.54, 1.807) is 0 Å². The summed E-state index contributed by atoms with van der Waals surface area (Å²) in [7, 11) is 0. The third-order valence-electron chi connectivity index (χ3n) is 9.88. The van der Waals surface area contributed by atoms with E-state index < -0.39 is 0 Å². The second kappa shape index (κ2) is 9.47. The fourth-order valence-electron chi connectivity index (χ4n) is 7.68. The number of hydrogen-bond acceptors (Lipinski definition) is 4. The van der Waals surface area contributed by atoms with Crippen LogP contribution in [0.5, 0.6) is 0 Å². The van der Waals surface area contributed by atoms with Crippen molar-refractivity contribution in [3.05, 3.63) is 145 Å². The Morgan fingerprint density at radius 1 is 0.532 bits per heavy atom. The van der Waals surface area contributed by atoms with Crippen LogP contribution in [0.25, 0.3) is 83.6 Å². The summed E-state index contributed by atoms with van der Waals surface area (Å²) in [5.74, 6) is 1.81. The van der Waals surface area contributed by atoms with E-state index >= 15 is 0 Å². The van der Waals surface area contributed by atoms with Crippen LogP contribution in [-0.2, 0) is 5.41 Å². The molecule has 5 heteroatoms. The van der Waals surface area contributed by atoms with Gasteiger partial charge in [0.1, 0.15) is 11.1 Å². The zero-order valence-electron chi connectivity index (χ0n) is 25.9. The molecule has 222 valence electrons. The molecule has 5 nitrogen and oxygen atoms in total. The molecule has 0 fully saturated rings. The highest BCUT2D eigenvalue weighted by Crippen LogP contribution is 2.51. The Labute approximate surface area is 270 Å². The first-order chi connectivity index (χ1) is 23.1. The van der Waals surface area contributed by atoms with Gasteiger partial charge in [0.15, 0.2) is 17.2 Å². The van der Waals surface area contributed by atoms with Crippen LogP contribution in [0.4, 0.5) is 0 Å². The van der Waals surface area contributed by atoms with Crippen LogP contribution in [0.15, 0.2) is 138 Å². The number of nitrogens with zero attached hydrogens (tertiary/aromatic N) is 4. The Hall–Kier alpha value is -6.07. The van der Waals surface area contributed by atoms with Crippen molar-refractivity contribution in [1.29, 1.82) is 0 Å². The van der Waals surface area contributed by atoms with Crippen molar-refractivity contribution in [2.75, 3.05) is 0 Å². The maximum atomic E-state index is 6.62. The SMILES string of the molecule is CC1(C)c2ccccc2-c2c(-c3nc(-c4ccccc4)nc(-n4c5ccccc5c5ccc6c7ccccc7oc6c54)n3)cccc21. The molecule has 0 N–H and O–H groups in total. The maximum Gasteiger partial charge on any atom is 0.238 e. The summed E-state index contributed by atoms with van der Waals surface area (Å²) in [6, 6.07) is 46.4. The topological polar surface area (TPSA) is 56.7 Å². The zero-order chi connectivity index (χ0) is 31.3. The van der Waals surface area contributed by atoms with Gasteiger partial charge in [0.2, 0.25) is 5.95 Å². The molecule has 3 heterocycles. The van der Waals surface area contributed by atoms with E-state index in [0.29, 0.717) is 17.6 Å². The normalized spacial score (nSPS) is 13.5. The predicted octanol–water partition coefficient (Wildman–Crippen LogP) is 10.5. The summed E-state index contributed by atoms with van der Waals surface area (Å²) in [6.45, 7) is 4.60. The molecular formula is C42H28N4O. The average Bonchev–Trinajstić information content (AvgIpc) is 3.74. The molecule has 1 aliphatic carbocycles. The molecule has 47 heavy (non-hydrogen) atoms. The molecule has 1 aliphatic rings. The minimum absolute atomic E-state index is 0.139. The number of fused-ring (bicyclic) bond motifs is 10. The lowest BCUT2D eigenvalue weighted by atomic mass is 9.82. The van der Waals surface area contributed by atoms with Gasteiger partial charge in [-0.05, 0) is 40.5 Å². The first-order valence-electron chi connectivity index (χ1n) is 16.0. The predicted molar refractivity (Wildman–Crippen MR) is 190 cm³/mol. The van der Waals surface area contributed by atoms with Crippen LogP contribution >= 0.6 is 0 Å². The fourth-order valence-corrected chi connectivity index (χ4v) is 7.68. The first kappa shape index (κ1) is 26.2. The quantitative estimate of drug-likeness (QED) is 0.201. The van der Waals surface area contributed by atoms with Gasteiger partial charge in [0.25, 0.3) is 0 Å². The first-order valence-corrected chi connectivity index (χ1v) is 16.0. The maximum absolute atomic E-state index is 6.62. The third kappa shape index (κ3) is 3.62. The molecule has 0 saturated heterocycles. The van der Waals surface area contributed by atoms with Gasteiger partial charge in [0.05, 0.1) is 5.52 Å². The summed E-state index contributed by atoms with van der Waals surface area (Å²) in [6.07, 6.45) is 0. The molecular weight excluding hydrogens is 576 g/mol. The van der Waals surface area contributed by atoms with Crippen LogP contribution in [0.2, 0.25) is 0 Å². The van der Waals surface area contributed by atoms with Gasteiger partial charge in [-0.2, -0.15) is 9.97 Å². The molecule has 9 aromatic rings. The van der Waals surface area contributed by atoms with E-state index in [9.17, 15) is 0 Å². The smallest absolute Gasteiger partial charge is 0.238 e. The van der Waals surface area contributed by atoms with E-state index in [1.807, 2.05) is 30.3 Å². The number of aromatic nitrogens is 4. The number of hydrogen-bond donors (Lipinski definition) is 0. The molecule has 3 aromatic heterocycles. The lowest BCUT2D eigenvalue weighted by Gasteiger charge is -2.21. The van der Waals surface area contributed by atoms with Crippen LogP contribution in [-0.4, -0.2) is 19.5 Å². The molecule has 0 saturated carbocycles. The molecule has 10 rings (SSSR count).